The first-order valence-electron chi connectivity index (χ1n) is 17.3. The minimum Gasteiger partial charge on any atom is -0.356 e. The molecule has 2 heterocycles. The van der Waals surface area contributed by atoms with E-state index in [9.17, 15) is 28.8 Å². The molecule has 2 aliphatic heterocycles. The van der Waals surface area contributed by atoms with E-state index in [0.29, 0.717) is 11.4 Å². The van der Waals surface area contributed by atoms with Crippen molar-refractivity contribution in [2.75, 3.05) is 25.8 Å². The lowest BCUT2D eigenvalue weighted by Gasteiger charge is -2.18. The Morgan fingerprint density at radius 2 is 0.836 bits per heavy atom. The van der Waals surface area contributed by atoms with Crippen LogP contribution in [0, 0.1) is 0 Å². The van der Waals surface area contributed by atoms with Crippen LogP contribution in [0.2, 0.25) is 11.6 Å². The van der Waals surface area contributed by atoms with E-state index in [1.54, 1.807) is 84.9 Å². The first-order valence-corrected chi connectivity index (χ1v) is 17.3. The highest BCUT2D eigenvalue weighted by molar-refractivity contribution is 6.93. The molecule has 0 saturated carbocycles. The number of amides is 6. The highest BCUT2D eigenvalue weighted by atomic mass is 16.2. The predicted octanol–water partition coefficient (Wildman–Crippen LogP) is 5.30. The fourth-order valence-corrected chi connectivity index (χ4v) is 6.08. The van der Waals surface area contributed by atoms with Crippen molar-refractivity contribution in [3.05, 3.63) is 145 Å². The molecule has 0 bridgehead atoms. The molecule has 0 spiro atoms. The van der Waals surface area contributed by atoms with Gasteiger partial charge in [0.25, 0.3) is 11.8 Å². The second-order valence-corrected chi connectivity index (χ2v) is 12.5. The summed E-state index contributed by atoms with van der Waals surface area (Å²) < 4.78 is 0. The van der Waals surface area contributed by atoms with E-state index in [2.05, 4.69) is 16.0 Å². The minimum atomic E-state index is -0.673. The van der Waals surface area contributed by atoms with Gasteiger partial charge in [0.05, 0.1) is 36.8 Å². The van der Waals surface area contributed by atoms with E-state index >= 15 is 0 Å². The lowest BCUT2D eigenvalue weighted by Crippen LogP contribution is -2.32. The van der Waals surface area contributed by atoms with Crippen LogP contribution in [-0.2, 0) is 19.2 Å². The molecule has 2 unspecified atom stereocenters. The van der Waals surface area contributed by atoms with Crippen LogP contribution in [0.4, 0.5) is 34.1 Å². The molecule has 3 N–H and O–H groups in total. The minimum absolute atomic E-state index is 0.00115. The summed E-state index contributed by atoms with van der Waals surface area (Å²) in [6.07, 6.45) is 0.0190. The molecule has 11 nitrogen and oxygen atoms in total. The molecule has 0 aliphatic carbocycles. The molecular formula is C40H31B4N5O6. The molecule has 7 rings (SSSR count). The Morgan fingerprint density at radius 3 is 1.25 bits per heavy atom. The maximum atomic E-state index is 12.9. The highest BCUT2D eigenvalue weighted by Gasteiger charge is 2.40. The van der Waals surface area contributed by atoms with Crippen molar-refractivity contribution in [1.82, 2.24) is 0 Å². The van der Waals surface area contributed by atoms with Gasteiger partial charge in [0, 0.05) is 62.7 Å². The summed E-state index contributed by atoms with van der Waals surface area (Å²) in [5.41, 5.74) is 4.06. The van der Waals surface area contributed by atoms with E-state index < -0.39 is 35.3 Å². The normalized spacial score (nSPS) is 16.2. The second-order valence-electron chi connectivity index (χ2n) is 12.5. The zero-order valence-corrected chi connectivity index (χ0v) is 29.4. The number of rotatable bonds is 10. The van der Waals surface area contributed by atoms with Gasteiger partial charge in [0.1, 0.15) is 0 Å². The molecular weight excluding hydrogens is 690 g/mol. The van der Waals surface area contributed by atoms with Gasteiger partial charge in [0.15, 0.2) is 0 Å². The van der Waals surface area contributed by atoms with Crippen molar-refractivity contribution in [2.45, 2.75) is 24.5 Å². The average molecular weight is 721 g/mol. The average Bonchev–Trinajstić information content (AvgIpc) is 3.67. The number of imide groups is 2. The van der Waals surface area contributed by atoms with Crippen LogP contribution in [0.15, 0.2) is 133 Å². The number of carbonyl (C=O) groups is 6. The van der Waals surface area contributed by atoms with Crippen molar-refractivity contribution in [2.24, 2.45) is 0 Å². The van der Waals surface area contributed by atoms with Gasteiger partial charge in [-0.2, -0.15) is 0 Å². The Balaban J connectivity index is 0.000000193. The van der Waals surface area contributed by atoms with Crippen LogP contribution in [-0.4, -0.2) is 65.3 Å². The number of nitrogens with one attached hydrogen (secondary N) is 3. The third kappa shape index (κ3) is 8.79. The zero-order chi connectivity index (χ0) is 38.9. The van der Waals surface area contributed by atoms with Crippen LogP contribution in [0.3, 0.4) is 0 Å². The fourth-order valence-electron chi connectivity index (χ4n) is 6.08. The van der Waals surface area contributed by atoms with Gasteiger partial charge < -0.3 is 16.0 Å². The van der Waals surface area contributed by atoms with Crippen LogP contribution >= 0.6 is 0 Å². The molecule has 5 aromatic carbocycles. The molecule has 6 radical (unpaired) electrons. The van der Waals surface area contributed by atoms with Crippen LogP contribution < -0.4 is 25.8 Å². The molecule has 2 fully saturated rings. The number of anilines is 6. The lowest BCUT2D eigenvalue weighted by molar-refractivity contribution is -0.122. The molecule has 2 aliphatic rings. The largest absolute Gasteiger partial charge is 0.356 e. The molecule has 0 aromatic heterocycles. The topological polar surface area (TPSA) is 145 Å². The SMILES string of the molecule is [B][B]C1CC(=O)N(c2ccccc2C(=O)Nc2ccc(Nc3ccccc3)cc2)C1=O.[B][B]C1CC(=O)N(c2ccccc2C(=O)Nc2ccccc2)C1=O. The number of carbonyl (C=O) groups excluding carboxylic acids is 6. The quantitative estimate of drug-likeness (QED) is 0.131. The Hall–Kier alpha value is -6.62. The molecule has 2 atom stereocenters. The smallest absolute Gasteiger partial charge is 0.257 e. The number of nitrogens with zero attached hydrogens (tertiary/aromatic N) is 2. The van der Waals surface area contributed by atoms with Gasteiger partial charge in [-0.05, 0) is 72.8 Å². The summed E-state index contributed by atoms with van der Waals surface area (Å²) in [4.78, 5) is 77.0. The van der Waals surface area contributed by atoms with Gasteiger partial charge in [-0.1, -0.05) is 60.7 Å². The van der Waals surface area contributed by atoms with Crippen LogP contribution in [0.25, 0.3) is 0 Å². The molecule has 15 heteroatoms. The third-order valence-electron chi connectivity index (χ3n) is 8.84. The summed E-state index contributed by atoms with van der Waals surface area (Å²) >= 11 is 0. The molecule has 5 aromatic rings. The summed E-state index contributed by atoms with van der Waals surface area (Å²) in [6, 6.07) is 39.0. The maximum Gasteiger partial charge on any atom is 0.257 e. The van der Waals surface area contributed by atoms with Crippen molar-refractivity contribution < 1.29 is 28.8 Å². The van der Waals surface area contributed by atoms with Gasteiger partial charge in [-0.25, -0.2) is 0 Å². The Morgan fingerprint density at radius 1 is 0.491 bits per heavy atom. The number of benzene rings is 5. The standard InChI is InChI=1S/C23H18B2N3O3.C17H13B2N2O3/c24-25-19-14-21(29)28(23(19)31)20-9-5-4-8-18(20)22(30)27-17-12-10-16(11-13-17)26-15-6-2-1-3-7-15;18-19-13-10-15(22)21(17(13)24)14-9-5-4-8-12(14)16(23)20-11-6-2-1-3-7-11/h1-13,19,26H,14H2,(H,27,30);1-9,13H,10H2,(H,20,23). The third-order valence-corrected chi connectivity index (χ3v) is 8.84. The summed E-state index contributed by atoms with van der Waals surface area (Å²) in [5, 5.41) is 8.85. The van der Waals surface area contributed by atoms with E-state index in [1.807, 2.05) is 48.5 Å². The molecule has 2 saturated heterocycles. The van der Waals surface area contributed by atoms with Crippen molar-refractivity contribution in [3.63, 3.8) is 0 Å². The first kappa shape index (κ1) is 38.1. The molecule has 264 valence electrons. The van der Waals surface area contributed by atoms with Crippen molar-refractivity contribution in [3.8, 4) is 0 Å². The molecule has 55 heavy (non-hydrogen) atoms. The van der Waals surface area contributed by atoms with E-state index in [-0.39, 0.29) is 47.2 Å². The molecule has 6 amide bonds. The van der Waals surface area contributed by atoms with E-state index in [1.165, 1.54) is 14.3 Å². The number of para-hydroxylation sites is 4. The zero-order valence-electron chi connectivity index (χ0n) is 29.4. The number of hydrogen-bond donors (Lipinski definition) is 3. The monoisotopic (exact) mass is 721 g/mol. The summed E-state index contributed by atoms with van der Waals surface area (Å²) in [6.45, 7) is 0. The van der Waals surface area contributed by atoms with Crippen LogP contribution in [0.5, 0.6) is 0 Å². The van der Waals surface area contributed by atoms with Crippen LogP contribution in [0.1, 0.15) is 33.6 Å². The van der Waals surface area contributed by atoms with Crippen molar-refractivity contribution >= 4 is 99.4 Å². The highest BCUT2D eigenvalue weighted by Crippen LogP contribution is 2.33. The fraction of sp³-hybridized carbons (Fsp3) is 0.100. The Bertz CT molecular complexity index is 2230. The Labute approximate surface area is 322 Å². The van der Waals surface area contributed by atoms with E-state index in [0.717, 1.165) is 21.2 Å². The summed E-state index contributed by atoms with van der Waals surface area (Å²) in [5.74, 6) is -3.72. The first-order chi connectivity index (χ1) is 26.7. The van der Waals surface area contributed by atoms with E-state index in [4.69, 9.17) is 15.5 Å². The Kier molecular flexibility index (Phi) is 12.1. The summed E-state index contributed by atoms with van der Waals surface area (Å²) in [7, 11) is 13.3. The van der Waals surface area contributed by atoms with Crippen molar-refractivity contribution in [1.29, 1.82) is 0 Å². The van der Waals surface area contributed by atoms with Gasteiger partial charge in [-0.3, -0.25) is 38.6 Å². The number of hydrogen-bond acceptors (Lipinski definition) is 7. The second kappa shape index (κ2) is 17.5. The van der Waals surface area contributed by atoms with Gasteiger partial charge in [0.2, 0.25) is 23.6 Å². The van der Waals surface area contributed by atoms with Gasteiger partial charge >= 0.3 is 0 Å². The lowest BCUT2D eigenvalue weighted by atomic mass is 9.47. The van der Waals surface area contributed by atoms with Gasteiger partial charge in [-0.15, -0.1) is 0 Å². The maximum absolute atomic E-state index is 12.9. The predicted molar refractivity (Wildman–Crippen MR) is 216 cm³/mol.